The fraction of sp³-hybridized carbons (Fsp3) is 0.818. The summed E-state index contributed by atoms with van der Waals surface area (Å²) in [5.74, 6) is -1.20. The van der Waals surface area contributed by atoms with E-state index in [0.29, 0.717) is 18.5 Å². The number of nitrogens with zero attached hydrogens (tertiary/aromatic N) is 1. The van der Waals surface area contributed by atoms with E-state index in [0.717, 1.165) is 25.9 Å². The number of piperidine rings is 1. The molecular weight excluding hydrogens is 208 g/mol. The smallest absolute Gasteiger partial charge is 0.397 e. The molecule has 0 aromatic carbocycles. The second kappa shape index (κ2) is 4.41. The van der Waals surface area contributed by atoms with Gasteiger partial charge in [0.05, 0.1) is 6.61 Å². The zero-order valence-electron chi connectivity index (χ0n) is 9.62. The number of rotatable bonds is 1. The molecule has 1 amide bonds. The van der Waals surface area contributed by atoms with Crippen LogP contribution in [0, 0.1) is 5.41 Å². The summed E-state index contributed by atoms with van der Waals surface area (Å²) in [5.41, 5.74) is 0.394. The molecule has 1 spiro atoms. The first-order valence-electron chi connectivity index (χ1n) is 5.84. The number of hydrogen-bond acceptors (Lipinski definition) is 4. The van der Waals surface area contributed by atoms with E-state index in [9.17, 15) is 9.59 Å². The summed E-state index contributed by atoms with van der Waals surface area (Å²) in [6, 6.07) is 0. The molecule has 2 rings (SSSR count). The molecule has 1 N–H and O–H groups in total. The Hall–Kier alpha value is -1.10. The van der Waals surface area contributed by atoms with Crippen molar-refractivity contribution in [1.29, 1.82) is 0 Å². The number of hydrogen-bond donors (Lipinski definition) is 1. The van der Waals surface area contributed by atoms with Gasteiger partial charge in [0.25, 0.3) is 0 Å². The van der Waals surface area contributed by atoms with E-state index in [4.69, 9.17) is 4.74 Å². The number of carbonyl (C=O) groups excluding carboxylic acids is 2. The van der Waals surface area contributed by atoms with Gasteiger partial charge >= 0.3 is 11.9 Å². The molecular formula is C11H18N2O3. The molecule has 2 saturated heterocycles. The van der Waals surface area contributed by atoms with Crippen molar-refractivity contribution in [3.05, 3.63) is 0 Å². The van der Waals surface area contributed by atoms with Crippen LogP contribution in [0.5, 0.6) is 0 Å². The molecule has 0 radical (unpaired) electrons. The average molecular weight is 226 g/mol. The van der Waals surface area contributed by atoms with E-state index in [1.165, 1.54) is 0 Å². The number of esters is 1. The molecule has 90 valence electrons. The van der Waals surface area contributed by atoms with Gasteiger partial charge in [0, 0.05) is 26.2 Å². The maximum Gasteiger partial charge on any atom is 0.397 e. The quantitative estimate of drug-likeness (QED) is 0.495. The van der Waals surface area contributed by atoms with Gasteiger partial charge in [-0.25, -0.2) is 4.79 Å². The van der Waals surface area contributed by atoms with E-state index in [2.05, 4.69) is 5.32 Å². The van der Waals surface area contributed by atoms with Crippen LogP contribution in [0.25, 0.3) is 0 Å². The van der Waals surface area contributed by atoms with Gasteiger partial charge in [-0.15, -0.1) is 0 Å². The largest absolute Gasteiger partial charge is 0.459 e. The molecule has 0 aromatic rings. The summed E-state index contributed by atoms with van der Waals surface area (Å²) in [5, 5.41) is 3.26. The topological polar surface area (TPSA) is 58.6 Å². The molecule has 2 aliphatic rings. The van der Waals surface area contributed by atoms with Gasteiger partial charge in [0.2, 0.25) is 0 Å². The van der Waals surface area contributed by atoms with Gasteiger partial charge < -0.3 is 15.0 Å². The summed E-state index contributed by atoms with van der Waals surface area (Å²) < 4.78 is 4.71. The fourth-order valence-electron chi connectivity index (χ4n) is 2.34. The lowest BCUT2D eigenvalue weighted by atomic mass is 9.73. The zero-order chi connectivity index (χ0) is 11.6. The zero-order valence-corrected chi connectivity index (χ0v) is 9.62. The van der Waals surface area contributed by atoms with Crippen LogP contribution in [0.3, 0.4) is 0 Å². The molecule has 0 unspecified atom stereocenters. The number of amides is 1. The molecule has 2 aliphatic heterocycles. The summed E-state index contributed by atoms with van der Waals surface area (Å²) in [4.78, 5) is 24.5. The lowest BCUT2D eigenvalue weighted by Gasteiger charge is -2.48. The summed E-state index contributed by atoms with van der Waals surface area (Å²) >= 11 is 0. The minimum atomic E-state index is -0.717. The maximum absolute atomic E-state index is 11.6. The lowest BCUT2D eigenvalue weighted by molar-refractivity contribution is -0.161. The van der Waals surface area contributed by atoms with Crippen molar-refractivity contribution in [2.45, 2.75) is 19.8 Å². The highest BCUT2D eigenvalue weighted by molar-refractivity contribution is 6.32. The van der Waals surface area contributed by atoms with Crippen molar-refractivity contribution in [3.63, 3.8) is 0 Å². The van der Waals surface area contributed by atoms with Gasteiger partial charge in [0.1, 0.15) is 0 Å². The van der Waals surface area contributed by atoms with E-state index in [-0.39, 0.29) is 6.61 Å². The molecule has 0 atom stereocenters. The lowest BCUT2D eigenvalue weighted by Crippen LogP contribution is -2.59. The Labute approximate surface area is 95.1 Å². The third-order valence-electron chi connectivity index (χ3n) is 3.56. The van der Waals surface area contributed by atoms with Gasteiger partial charge in [-0.05, 0) is 25.2 Å². The molecule has 5 heteroatoms. The van der Waals surface area contributed by atoms with Gasteiger partial charge in [-0.2, -0.15) is 0 Å². The van der Waals surface area contributed by atoms with Crippen molar-refractivity contribution < 1.29 is 14.3 Å². The van der Waals surface area contributed by atoms with E-state index < -0.39 is 11.9 Å². The molecule has 0 saturated carbocycles. The van der Waals surface area contributed by atoms with Crippen LogP contribution < -0.4 is 5.32 Å². The Bertz CT molecular complexity index is 290. The van der Waals surface area contributed by atoms with Gasteiger partial charge in [0.15, 0.2) is 0 Å². The molecule has 0 bridgehead atoms. The molecule has 0 aromatic heterocycles. The number of likely N-dealkylation sites (tertiary alicyclic amines) is 1. The second-order valence-electron chi connectivity index (χ2n) is 4.62. The first kappa shape index (κ1) is 11.4. The highest BCUT2D eigenvalue weighted by Crippen LogP contribution is 2.34. The number of nitrogens with one attached hydrogen (secondary N) is 1. The molecule has 2 heterocycles. The fourth-order valence-corrected chi connectivity index (χ4v) is 2.34. The van der Waals surface area contributed by atoms with E-state index in [1.807, 2.05) is 0 Å². The van der Waals surface area contributed by atoms with Gasteiger partial charge in [-0.1, -0.05) is 0 Å². The van der Waals surface area contributed by atoms with E-state index in [1.54, 1.807) is 11.8 Å². The van der Waals surface area contributed by atoms with Gasteiger partial charge in [-0.3, -0.25) is 4.79 Å². The van der Waals surface area contributed by atoms with Crippen molar-refractivity contribution in [2.24, 2.45) is 5.41 Å². The number of carbonyl (C=O) groups is 2. The van der Waals surface area contributed by atoms with Crippen LogP contribution in [0.4, 0.5) is 0 Å². The normalized spacial score (nSPS) is 22.7. The monoisotopic (exact) mass is 226 g/mol. The Kier molecular flexibility index (Phi) is 3.14. The molecule has 5 nitrogen and oxygen atoms in total. The minimum Gasteiger partial charge on any atom is -0.459 e. The van der Waals surface area contributed by atoms with Crippen molar-refractivity contribution >= 4 is 11.9 Å². The van der Waals surface area contributed by atoms with Crippen molar-refractivity contribution in [2.75, 3.05) is 32.8 Å². The van der Waals surface area contributed by atoms with Crippen LogP contribution in [0.15, 0.2) is 0 Å². The molecule has 0 aliphatic carbocycles. The summed E-state index contributed by atoms with van der Waals surface area (Å²) in [6.45, 7) is 5.42. The minimum absolute atomic E-state index is 0.256. The molecule has 2 fully saturated rings. The predicted molar refractivity (Wildman–Crippen MR) is 57.7 cm³/mol. The third-order valence-corrected chi connectivity index (χ3v) is 3.56. The first-order chi connectivity index (χ1) is 7.67. The Morgan fingerprint density at radius 2 is 1.94 bits per heavy atom. The molecule has 16 heavy (non-hydrogen) atoms. The van der Waals surface area contributed by atoms with Crippen molar-refractivity contribution in [3.8, 4) is 0 Å². The second-order valence-corrected chi connectivity index (χ2v) is 4.62. The predicted octanol–water partition coefficient (Wildman–Crippen LogP) is -0.238. The van der Waals surface area contributed by atoms with Crippen LogP contribution in [-0.2, 0) is 14.3 Å². The third kappa shape index (κ3) is 2.04. The maximum atomic E-state index is 11.6. The highest BCUT2D eigenvalue weighted by atomic mass is 16.5. The standard InChI is InChI=1S/C11H18N2O3/c1-2-16-10(15)9(14)13-5-3-11(4-6-13)7-12-8-11/h12H,2-8H2,1H3. The Morgan fingerprint density at radius 3 is 2.38 bits per heavy atom. The van der Waals surface area contributed by atoms with Crippen LogP contribution in [0.2, 0.25) is 0 Å². The Morgan fingerprint density at radius 1 is 1.31 bits per heavy atom. The van der Waals surface area contributed by atoms with Crippen LogP contribution in [0.1, 0.15) is 19.8 Å². The first-order valence-corrected chi connectivity index (χ1v) is 5.84. The van der Waals surface area contributed by atoms with Crippen LogP contribution in [-0.4, -0.2) is 49.6 Å². The van der Waals surface area contributed by atoms with Crippen molar-refractivity contribution in [1.82, 2.24) is 10.2 Å². The van der Waals surface area contributed by atoms with Crippen LogP contribution >= 0.6 is 0 Å². The summed E-state index contributed by atoms with van der Waals surface area (Å²) in [6.07, 6.45) is 1.98. The average Bonchev–Trinajstić information content (AvgIpc) is 2.26. The number of ether oxygens (including phenoxy) is 1. The highest BCUT2D eigenvalue weighted by Gasteiger charge is 2.41. The Balaban J connectivity index is 1.84. The summed E-state index contributed by atoms with van der Waals surface area (Å²) in [7, 11) is 0. The SMILES string of the molecule is CCOC(=O)C(=O)N1CCC2(CC1)CNC2. The van der Waals surface area contributed by atoms with E-state index >= 15 is 0 Å².